The van der Waals surface area contributed by atoms with Crippen molar-refractivity contribution in [2.24, 2.45) is 0 Å². The Labute approximate surface area is 142 Å². The van der Waals surface area contributed by atoms with E-state index < -0.39 is 10.0 Å². The standard InChI is InChI=1S/C17H22N2O4S/c1-3-11-22-16-6-5-15(13-17(16)23-12-4-2)24(20,21)19-14-7-9-18-10-8-14/h5-10,13H,3-4,11-12H2,1-2H3,(H,18,19). The van der Waals surface area contributed by atoms with Gasteiger partial charge in [-0.1, -0.05) is 13.8 Å². The molecule has 0 saturated heterocycles. The van der Waals surface area contributed by atoms with Crippen molar-refractivity contribution in [1.29, 1.82) is 0 Å². The zero-order chi connectivity index (χ0) is 17.4. The summed E-state index contributed by atoms with van der Waals surface area (Å²) in [6.07, 6.45) is 4.72. The Morgan fingerprint density at radius 1 is 0.958 bits per heavy atom. The summed E-state index contributed by atoms with van der Waals surface area (Å²) in [6.45, 7) is 5.02. The van der Waals surface area contributed by atoms with E-state index in [1.165, 1.54) is 24.5 Å². The quantitative estimate of drug-likeness (QED) is 0.749. The Morgan fingerprint density at radius 2 is 1.58 bits per heavy atom. The van der Waals surface area contributed by atoms with E-state index in [9.17, 15) is 8.42 Å². The molecule has 0 unspecified atom stereocenters. The SMILES string of the molecule is CCCOc1ccc(S(=O)(=O)Nc2ccncc2)cc1OCCC. The lowest BCUT2D eigenvalue weighted by Gasteiger charge is -2.14. The molecule has 130 valence electrons. The van der Waals surface area contributed by atoms with Crippen LogP contribution in [-0.4, -0.2) is 26.6 Å². The van der Waals surface area contributed by atoms with Crippen molar-refractivity contribution in [1.82, 2.24) is 4.98 Å². The molecular weight excluding hydrogens is 328 g/mol. The lowest BCUT2D eigenvalue weighted by Crippen LogP contribution is -2.13. The van der Waals surface area contributed by atoms with Crippen LogP contribution in [0.1, 0.15) is 26.7 Å². The highest BCUT2D eigenvalue weighted by molar-refractivity contribution is 7.92. The largest absolute Gasteiger partial charge is 0.490 e. The fourth-order valence-corrected chi connectivity index (χ4v) is 3.02. The molecule has 2 aromatic rings. The van der Waals surface area contributed by atoms with Crippen LogP contribution in [0.4, 0.5) is 5.69 Å². The third-order valence-corrected chi connectivity index (χ3v) is 4.46. The fourth-order valence-electron chi connectivity index (χ4n) is 1.95. The maximum absolute atomic E-state index is 12.5. The number of anilines is 1. The van der Waals surface area contributed by atoms with Crippen LogP contribution in [0.15, 0.2) is 47.6 Å². The molecule has 1 aromatic heterocycles. The van der Waals surface area contributed by atoms with E-state index in [-0.39, 0.29) is 4.90 Å². The van der Waals surface area contributed by atoms with Crippen LogP contribution in [0.5, 0.6) is 11.5 Å². The van der Waals surface area contributed by atoms with Gasteiger partial charge in [0.2, 0.25) is 0 Å². The Bertz CT molecular complexity index is 748. The third kappa shape index (κ3) is 4.86. The number of pyridine rings is 1. The van der Waals surface area contributed by atoms with E-state index in [4.69, 9.17) is 9.47 Å². The van der Waals surface area contributed by atoms with Crippen LogP contribution in [0.25, 0.3) is 0 Å². The van der Waals surface area contributed by atoms with Crippen LogP contribution in [0.2, 0.25) is 0 Å². The van der Waals surface area contributed by atoms with E-state index in [0.29, 0.717) is 30.4 Å². The van der Waals surface area contributed by atoms with Crippen molar-refractivity contribution in [3.05, 3.63) is 42.7 Å². The Hall–Kier alpha value is -2.28. The number of nitrogens with one attached hydrogen (secondary N) is 1. The van der Waals surface area contributed by atoms with Gasteiger partial charge in [0.1, 0.15) is 0 Å². The van der Waals surface area contributed by atoms with E-state index in [1.807, 2.05) is 13.8 Å². The van der Waals surface area contributed by atoms with Crippen molar-refractivity contribution in [2.45, 2.75) is 31.6 Å². The van der Waals surface area contributed by atoms with Crippen LogP contribution in [0.3, 0.4) is 0 Å². The number of ether oxygens (including phenoxy) is 2. The number of hydrogen-bond donors (Lipinski definition) is 1. The van der Waals surface area contributed by atoms with Gasteiger partial charge in [-0.3, -0.25) is 9.71 Å². The zero-order valence-electron chi connectivity index (χ0n) is 13.9. The van der Waals surface area contributed by atoms with E-state index >= 15 is 0 Å². The van der Waals surface area contributed by atoms with Crippen LogP contribution in [-0.2, 0) is 10.0 Å². The molecule has 6 nitrogen and oxygen atoms in total. The highest BCUT2D eigenvalue weighted by Gasteiger charge is 2.17. The minimum absolute atomic E-state index is 0.120. The van der Waals surface area contributed by atoms with E-state index in [2.05, 4.69) is 9.71 Å². The number of hydrogen-bond acceptors (Lipinski definition) is 5. The predicted octanol–water partition coefficient (Wildman–Crippen LogP) is 3.46. The van der Waals surface area contributed by atoms with Crippen molar-refractivity contribution in [3.63, 3.8) is 0 Å². The number of sulfonamides is 1. The van der Waals surface area contributed by atoms with E-state index in [1.54, 1.807) is 18.2 Å². The van der Waals surface area contributed by atoms with Gasteiger partial charge < -0.3 is 9.47 Å². The maximum atomic E-state index is 12.5. The van der Waals surface area contributed by atoms with Gasteiger partial charge in [-0.25, -0.2) is 8.42 Å². The summed E-state index contributed by atoms with van der Waals surface area (Å²) in [5.41, 5.74) is 0.451. The van der Waals surface area contributed by atoms with Gasteiger partial charge in [-0.05, 0) is 37.1 Å². The second-order valence-corrected chi connectivity index (χ2v) is 6.83. The Balaban J connectivity index is 2.28. The minimum atomic E-state index is -3.71. The van der Waals surface area contributed by atoms with Crippen molar-refractivity contribution in [3.8, 4) is 11.5 Å². The van der Waals surface area contributed by atoms with E-state index in [0.717, 1.165) is 12.8 Å². The lowest BCUT2D eigenvalue weighted by atomic mass is 10.3. The van der Waals surface area contributed by atoms with Crippen molar-refractivity contribution < 1.29 is 17.9 Å². The molecule has 0 atom stereocenters. The van der Waals surface area contributed by atoms with Gasteiger partial charge in [0.05, 0.1) is 23.8 Å². The zero-order valence-corrected chi connectivity index (χ0v) is 14.7. The van der Waals surface area contributed by atoms with Crippen molar-refractivity contribution >= 4 is 15.7 Å². The van der Waals surface area contributed by atoms with Crippen LogP contribution < -0.4 is 14.2 Å². The normalized spacial score (nSPS) is 11.1. The number of aromatic nitrogens is 1. The summed E-state index contributed by atoms with van der Waals surface area (Å²) >= 11 is 0. The summed E-state index contributed by atoms with van der Waals surface area (Å²) in [5, 5.41) is 0. The summed E-state index contributed by atoms with van der Waals surface area (Å²) < 4.78 is 38.8. The highest BCUT2D eigenvalue weighted by Crippen LogP contribution is 2.31. The summed E-state index contributed by atoms with van der Waals surface area (Å²) in [7, 11) is -3.71. The van der Waals surface area contributed by atoms with Gasteiger partial charge in [0, 0.05) is 18.5 Å². The van der Waals surface area contributed by atoms with Crippen molar-refractivity contribution in [2.75, 3.05) is 17.9 Å². The molecule has 24 heavy (non-hydrogen) atoms. The molecule has 1 aromatic carbocycles. The second kappa shape index (κ2) is 8.54. The molecule has 0 saturated carbocycles. The minimum Gasteiger partial charge on any atom is -0.490 e. The number of rotatable bonds is 9. The monoisotopic (exact) mass is 350 g/mol. The number of nitrogens with zero attached hydrogens (tertiary/aromatic N) is 1. The first-order valence-electron chi connectivity index (χ1n) is 7.89. The fraction of sp³-hybridized carbons (Fsp3) is 0.353. The predicted molar refractivity (Wildman–Crippen MR) is 93.1 cm³/mol. The van der Waals surface area contributed by atoms with Crippen LogP contribution >= 0.6 is 0 Å². The smallest absolute Gasteiger partial charge is 0.262 e. The molecule has 0 aliphatic heterocycles. The van der Waals surface area contributed by atoms with Gasteiger partial charge >= 0.3 is 0 Å². The van der Waals surface area contributed by atoms with Gasteiger partial charge in [0.15, 0.2) is 11.5 Å². The molecule has 0 radical (unpaired) electrons. The summed E-state index contributed by atoms with van der Waals surface area (Å²) in [4.78, 5) is 3.98. The molecule has 0 bridgehead atoms. The maximum Gasteiger partial charge on any atom is 0.262 e. The van der Waals surface area contributed by atoms with Gasteiger partial charge in [-0.2, -0.15) is 0 Å². The average Bonchev–Trinajstić information content (AvgIpc) is 2.59. The topological polar surface area (TPSA) is 77.5 Å². The first kappa shape index (κ1) is 18.1. The highest BCUT2D eigenvalue weighted by atomic mass is 32.2. The molecular formula is C17H22N2O4S. The first-order chi connectivity index (χ1) is 11.6. The van der Waals surface area contributed by atoms with Gasteiger partial charge in [0.25, 0.3) is 10.0 Å². The molecule has 2 rings (SSSR count). The molecule has 1 N–H and O–H groups in total. The first-order valence-corrected chi connectivity index (χ1v) is 9.37. The molecule has 7 heteroatoms. The molecule has 1 heterocycles. The van der Waals surface area contributed by atoms with Crippen LogP contribution in [0, 0.1) is 0 Å². The summed E-state index contributed by atoms with van der Waals surface area (Å²) in [6, 6.07) is 7.80. The van der Waals surface area contributed by atoms with Gasteiger partial charge in [-0.15, -0.1) is 0 Å². The Kier molecular flexibility index (Phi) is 6.43. The molecule has 0 fully saturated rings. The lowest BCUT2D eigenvalue weighted by molar-refractivity contribution is 0.267. The third-order valence-electron chi connectivity index (χ3n) is 3.08. The second-order valence-electron chi connectivity index (χ2n) is 5.15. The molecule has 0 aliphatic rings. The molecule has 0 aliphatic carbocycles. The Morgan fingerprint density at radius 3 is 2.21 bits per heavy atom. The average molecular weight is 350 g/mol. The number of benzene rings is 1. The molecule has 0 spiro atoms. The summed E-state index contributed by atoms with van der Waals surface area (Å²) in [5.74, 6) is 0.982. The molecule has 0 amide bonds.